The van der Waals surface area contributed by atoms with E-state index in [1.807, 2.05) is 0 Å². The van der Waals surface area contributed by atoms with Crippen LogP contribution in [0.3, 0.4) is 0 Å². The number of carbonyl (C=O) groups excluding carboxylic acids is 1. The summed E-state index contributed by atoms with van der Waals surface area (Å²) in [5, 5.41) is 14.0. The van der Waals surface area contributed by atoms with E-state index in [1.165, 1.54) is 11.1 Å². The van der Waals surface area contributed by atoms with Crippen LogP contribution in [-0.2, 0) is 9.53 Å². The summed E-state index contributed by atoms with van der Waals surface area (Å²) in [6.07, 6.45) is 9.23. The number of rotatable bonds is 0. The molecule has 2 saturated heterocycles. The maximum Gasteiger partial charge on any atom is 0.163 e. The van der Waals surface area contributed by atoms with E-state index >= 15 is 0 Å². The highest BCUT2D eigenvalue weighted by molar-refractivity contribution is 6.02. The van der Waals surface area contributed by atoms with Crippen LogP contribution >= 0.6 is 0 Å². The van der Waals surface area contributed by atoms with Gasteiger partial charge in [0.25, 0.3) is 0 Å². The molecule has 0 aromatic carbocycles. The van der Waals surface area contributed by atoms with Gasteiger partial charge in [-0.05, 0) is 87.2 Å². The Balaban J connectivity index is 1.39. The van der Waals surface area contributed by atoms with E-state index in [2.05, 4.69) is 39.1 Å². The number of fused-ring (bicyclic) bond motifs is 6. The van der Waals surface area contributed by atoms with Gasteiger partial charge in [-0.15, -0.1) is 0 Å². The van der Waals surface area contributed by atoms with Crippen LogP contribution in [0.4, 0.5) is 0 Å². The highest BCUT2D eigenvalue weighted by Gasteiger charge is 2.63. The molecule has 170 valence electrons. The van der Waals surface area contributed by atoms with E-state index in [9.17, 15) is 9.90 Å². The number of ether oxygens (including phenoxy) is 1. The number of carbonyl (C=O) groups is 1. The summed E-state index contributed by atoms with van der Waals surface area (Å²) in [6, 6.07) is 0.410. The lowest BCUT2D eigenvalue weighted by molar-refractivity contribution is -0.123. The lowest BCUT2D eigenvalue weighted by Gasteiger charge is -2.48. The van der Waals surface area contributed by atoms with Crippen LogP contribution in [-0.4, -0.2) is 41.3 Å². The van der Waals surface area contributed by atoms with Crippen LogP contribution in [0.15, 0.2) is 22.8 Å². The predicted molar refractivity (Wildman–Crippen MR) is 120 cm³/mol. The molecule has 4 heteroatoms. The molecule has 6 rings (SSSR count). The summed E-state index contributed by atoms with van der Waals surface area (Å²) in [5.74, 6) is 2.41. The van der Waals surface area contributed by atoms with E-state index in [4.69, 9.17) is 4.74 Å². The van der Waals surface area contributed by atoms with Crippen LogP contribution in [0.5, 0.6) is 0 Å². The van der Waals surface area contributed by atoms with E-state index in [0.717, 1.165) is 57.1 Å². The first kappa shape index (κ1) is 20.6. The first-order valence-electron chi connectivity index (χ1n) is 12.8. The molecular weight excluding hydrogens is 386 g/mol. The van der Waals surface area contributed by atoms with Gasteiger partial charge in [0, 0.05) is 23.5 Å². The van der Waals surface area contributed by atoms with Crippen molar-refractivity contribution < 1.29 is 14.6 Å². The van der Waals surface area contributed by atoms with Gasteiger partial charge in [-0.2, -0.15) is 0 Å². The summed E-state index contributed by atoms with van der Waals surface area (Å²) in [4.78, 5) is 14.1. The number of hydrogen-bond donors (Lipinski definition) is 2. The van der Waals surface area contributed by atoms with E-state index < -0.39 is 0 Å². The molecule has 0 unspecified atom stereocenters. The minimum atomic E-state index is -0.263. The highest BCUT2D eigenvalue weighted by atomic mass is 16.5. The molecule has 4 fully saturated rings. The number of hydrogen-bond acceptors (Lipinski definition) is 4. The van der Waals surface area contributed by atoms with Gasteiger partial charge < -0.3 is 15.2 Å². The molecule has 0 amide bonds. The zero-order valence-electron chi connectivity index (χ0n) is 19.6. The highest BCUT2D eigenvalue weighted by Crippen LogP contribution is 2.63. The molecule has 4 aliphatic carbocycles. The molecule has 6 aliphatic rings. The van der Waals surface area contributed by atoms with Crippen LogP contribution in [0.1, 0.15) is 72.6 Å². The second-order valence-corrected chi connectivity index (χ2v) is 12.1. The molecule has 1 spiro atoms. The molecule has 0 bridgehead atoms. The Morgan fingerprint density at radius 1 is 1.23 bits per heavy atom. The smallest absolute Gasteiger partial charge is 0.163 e. The first-order chi connectivity index (χ1) is 14.8. The Labute approximate surface area is 186 Å². The molecule has 0 aromatic rings. The molecule has 2 heterocycles. The molecule has 0 radical (unpaired) electrons. The summed E-state index contributed by atoms with van der Waals surface area (Å²) >= 11 is 0. The predicted octanol–water partition coefficient (Wildman–Crippen LogP) is 4.18. The Morgan fingerprint density at radius 2 is 2.03 bits per heavy atom. The fourth-order valence-electron chi connectivity index (χ4n) is 8.93. The molecule has 2 N–H and O–H groups in total. The van der Waals surface area contributed by atoms with Gasteiger partial charge >= 0.3 is 0 Å². The summed E-state index contributed by atoms with van der Waals surface area (Å²) in [5.41, 5.74) is 3.43. The summed E-state index contributed by atoms with van der Waals surface area (Å²) < 4.78 is 6.93. The fourth-order valence-corrected chi connectivity index (χ4v) is 8.93. The number of Topliss-reactive ketones (excluding diaryl/α,β-unsaturated/α-hetero) is 1. The monoisotopic (exact) mass is 425 g/mol. The Kier molecular flexibility index (Phi) is 4.51. The number of nitrogens with one attached hydrogen (secondary N) is 1. The molecule has 2 saturated carbocycles. The van der Waals surface area contributed by atoms with Crippen molar-refractivity contribution in [3.05, 3.63) is 22.8 Å². The zero-order valence-corrected chi connectivity index (χ0v) is 19.6. The van der Waals surface area contributed by atoms with Crippen molar-refractivity contribution in [3.8, 4) is 0 Å². The normalized spacial score (nSPS) is 53.7. The quantitative estimate of drug-likeness (QED) is 0.572. The number of ketones is 1. The summed E-state index contributed by atoms with van der Waals surface area (Å²) in [7, 11) is 0. The maximum absolute atomic E-state index is 14.1. The Hall–Kier alpha value is -0.970. The minimum absolute atomic E-state index is 0.0653. The van der Waals surface area contributed by atoms with Crippen molar-refractivity contribution in [1.29, 1.82) is 0 Å². The van der Waals surface area contributed by atoms with Crippen LogP contribution in [0.25, 0.3) is 0 Å². The Bertz CT molecular complexity index is 876. The second-order valence-electron chi connectivity index (χ2n) is 12.1. The third-order valence-corrected chi connectivity index (χ3v) is 10.6. The third kappa shape index (κ3) is 2.62. The van der Waals surface area contributed by atoms with Crippen LogP contribution in [0, 0.1) is 35.0 Å². The van der Waals surface area contributed by atoms with Crippen LogP contribution in [0.2, 0.25) is 0 Å². The summed E-state index contributed by atoms with van der Waals surface area (Å²) in [6.45, 7) is 10.3. The van der Waals surface area contributed by atoms with Crippen molar-refractivity contribution in [1.82, 2.24) is 5.32 Å². The third-order valence-electron chi connectivity index (χ3n) is 10.6. The standard InChI is InChI=1S/C27H39NO3/c1-14-11-21-24(28-13-14)16(3)27(31-21)10-8-19-20-6-5-17-12-18(29)7-9-26(17,4)23(20)25(30)22(19)15(27)2/h5,14,16,18-21,23-24,28-29H,6-13H2,1-4H3/t14-,16-,18+,19+,20-,21-,23-,24-,26+,27+/m1/s1. The van der Waals surface area contributed by atoms with Crippen molar-refractivity contribution >= 4 is 5.78 Å². The van der Waals surface area contributed by atoms with Gasteiger partial charge in [0.2, 0.25) is 0 Å². The number of aliphatic hydroxyl groups excluding tert-OH is 1. The van der Waals surface area contributed by atoms with E-state index in [0.29, 0.717) is 35.5 Å². The largest absolute Gasteiger partial charge is 0.393 e. The van der Waals surface area contributed by atoms with Crippen molar-refractivity contribution in [2.24, 2.45) is 35.0 Å². The zero-order chi connectivity index (χ0) is 21.7. The SMILES string of the molecule is CC1=C2C(=O)[C@H]3[C@H](CC=C4C[C@@H](O)CC[C@@]43C)[C@@H]2CC[C@]12O[C@@H]1C[C@@H](C)CN[C@@H]1[C@H]2C. The van der Waals surface area contributed by atoms with Gasteiger partial charge in [0.05, 0.1) is 17.8 Å². The first-order valence-corrected chi connectivity index (χ1v) is 12.8. The average Bonchev–Trinajstić information content (AvgIpc) is 3.18. The molecule has 10 atom stereocenters. The molecule has 4 nitrogen and oxygen atoms in total. The lowest BCUT2D eigenvalue weighted by atomic mass is 9.56. The number of piperidine rings is 1. The maximum atomic E-state index is 14.1. The van der Waals surface area contributed by atoms with Crippen molar-refractivity contribution in [3.63, 3.8) is 0 Å². The Morgan fingerprint density at radius 3 is 2.84 bits per heavy atom. The van der Waals surface area contributed by atoms with Gasteiger partial charge in [-0.25, -0.2) is 0 Å². The van der Waals surface area contributed by atoms with Gasteiger partial charge in [0.1, 0.15) is 0 Å². The second kappa shape index (κ2) is 6.77. The average molecular weight is 426 g/mol. The van der Waals surface area contributed by atoms with Crippen molar-refractivity contribution in [2.45, 2.75) is 96.5 Å². The number of aliphatic hydroxyl groups is 1. The van der Waals surface area contributed by atoms with Crippen molar-refractivity contribution in [2.75, 3.05) is 6.54 Å². The van der Waals surface area contributed by atoms with Gasteiger partial charge in [-0.1, -0.05) is 32.4 Å². The van der Waals surface area contributed by atoms with E-state index in [-0.39, 0.29) is 29.1 Å². The number of allylic oxidation sites excluding steroid dienone is 2. The van der Waals surface area contributed by atoms with Crippen LogP contribution < -0.4 is 5.32 Å². The molecule has 0 aromatic heterocycles. The van der Waals surface area contributed by atoms with Gasteiger partial charge in [0.15, 0.2) is 5.78 Å². The topological polar surface area (TPSA) is 58.6 Å². The van der Waals surface area contributed by atoms with Gasteiger partial charge in [-0.3, -0.25) is 4.79 Å². The molecule has 2 aliphatic heterocycles. The molecule has 31 heavy (non-hydrogen) atoms. The molecular formula is C27H39NO3. The lowest BCUT2D eigenvalue weighted by Crippen LogP contribution is -2.49. The van der Waals surface area contributed by atoms with E-state index in [1.54, 1.807) is 0 Å². The minimum Gasteiger partial charge on any atom is -0.393 e. The fraction of sp³-hybridized carbons (Fsp3) is 0.815.